The zero-order valence-corrected chi connectivity index (χ0v) is 34.2. The lowest BCUT2D eigenvalue weighted by molar-refractivity contribution is -0.375. The number of aliphatic carboxylic acids is 1. The summed E-state index contributed by atoms with van der Waals surface area (Å²) in [6.45, 7) is 12.5. The Kier molecular flexibility index (Phi) is 11.5. The topological polar surface area (TPSA) is 256 Å². The summed E-state index contributed by atoms with van der Waals surface area (Å²) in [5.74, 6) is -1.20. The summed E-state index contributed by atoms with van der Waals surface area (Å²) in [6.07, 6.45) is -9.40. The molecule has 6 fully saturated rings. The highest BCUT2D eigenvalue weighted by atomic mass is 16.8. The molecule has 21 atom stereocenters. The number of carboxylic acids is 1. The minimum atomic E-state index is -1.98. The molecular formula is C42H68O15. The van der Waals surface area contributed by atoms with E-state index >= 15 is 0 Å². The number of hydrogen-bond acceptors (Lipinski definition) is 14. The van der Waals surface area contributed by atoms with Gasteiger partial charge in [0.25, 0.3) is 0 Å². The molecule has 10 N–H and O–H groups in total. The predicted molar refractivity (Wildman–Crippen MR) is 201 cm³/mol. The van der Waals surface area contributed by atoms with Crippen molar-refractivity contribution in [2.45, 2.75) is 173 Å². The molecule has 0 spiro atoms. The van der Waals surface area contributed by atoms with Gasteiger partial charge in [-0.15, -0.1) is 0 Å². The number of hydrogen-bond donors (Lipinski definition) is 10. The van der Waals surface area contributed by atoms with Crippen LogP contribution in [0.5, 0.6) is 0 Å². The fourth-order valence-electron chi connectivity index (χ4n) is 13.7. The quantitative estimate of drug-likeness (QED) is 0.120. The summed E-state index contributed by atoms with van der Waals surface area (Å²) < 4.78 is 23.8. The first-order valence-corrected chi connectivity index (χ1v) is 21.1. The minimum Gasteiger partial charge on any atom is -0.479 e. The third-order valence-electron chi connectivity index (χ3n) is 17.7. The molecule has 0 aromatic carbocycles. The molecule has 21 unspecified atom stereocenters. The zero-order chi connectivity index (χ0) is 41.8. The van der Waals surface area contributed by atoms with Crippen LogP contribution in [0.2, 0.25) is 0 Å². The number of aliphatic hydroxyl groups is 9. The predicted octanol–water partition coefficient (Wildman–Crippen LogP) is 0.825. The first-order valence-electron chi connectivity index (χ1n) is 21.1. The largest absolute Gasteiger partial charge is 0.479 e. The Bertz CT molecular complexity index is 1540. The van der Waals surface area contributed by atoms with Crippen LogP contribution in [0.3, 0.4) is 0 Å². The number of fused-ring (bicyclic) bond motifs is 7. The highest BCUT2D eigenvalue weighted by molar-refractivity contribution is 5.73. The van der Waals surface area contributed by atoms with Crippen molar-refractivity contribution in [2.75, 3.05) is 19.8 Å². The molecule has 7 aliphatic rings. The van der Waals surface area contributed by atoms with E-state index in [1.54, 1.807) is 0 Å². The molecule has 57 heavy (non-hydrogen) atoms. The molecule has 5 aliphatic carbocycles. The van der Waals surface area contributed by atoms with Gasteiger partial charge in [-0.1, -0.05) is 53.2 Å². The van der Waals surface area contributed by atoms with E-state index in [9.17, 15) is 55.9 Å². The molecule has 15 heteroatoms. The second-order valence-electron chi connectivity index (χ2n) is 20.6. The Morgan fingerprint density at radius 1 is 0.737 bits per heavy atom. The molecule has 0 aromatic rings. The Hall–Kier alpha value is -1.31. The molecule has 0 amide bonds. The van der Waals surface area contributed by atoms with Crippen LogP contribution in [0.25, 0.3) is 0 Å². The van der Waals surface area contributed by atoms with Gasteiger partial charge in [-0.25, -0.2) is 4.79 Å². The summed E-state index contributed by atoms with van der Waals surface area (Å²) in [6, 6.07) is 0. The first-order chi connectivity index (χ1) is 26.6. The van der Waals surface area contributed by atoms with Crippen molar-refractivity contribution in [3.05, 3.63) is 11.6 Å². The fraction of sp³-hybridized carbons (Fsp3) is 0.929. The molecule has 2 aliphatic heterocycles. The van der Waals surface area contributed by atoms with Crippen LogP contribution in [0.1, 0.15) is 99.3 Å². The normalized spacial score (nSPS) is 56.4. The maximum atomic E-state index is 12.2. The van der Waals surface area contributed by atoms with Crippen molar-refractivity contribution in [2.24, 2.45) is 50.2 Å². The van der Waals surface area contributed by atoms with Gasteiger partial charge in [0.05, 0.1) is 25.4 Å². The molecule has 2 heterocycles. The van der Waals surface area contributed by atoms with Gasteiger partial charge in [0.1, 0.15) is 42.7 Å². The Labute approximate surface area is 335 Å². The molecule has 326 valence electrons. The van der Waals surface area contributed by atoms with E-state index in [1.807, 2.05) is 6.92 Å². The summed E-state index contributed by atoms with van der Waals surface area (Å²) >= 11 is 0. The van der Waals surface area contributed by atoms with Crippen molar-refractivity contribution in [1.82, 2.24) is 0 Å². The maximum absolute atomic E-state index is 12.2. The smallest absolute Gasteiger partial charge is 0.335 e. The average molecular weight is 813 g/mol. The standard InChI is InChI=1S/C42H68O15/c1-37(18-44)15-21-20-7-8-24-39(3)11-10-26(40(4,19-45)23(39)9-12-42(24,6)41(20,5)14-13-38(21,2)25(46)16-37)55-36-33(30(50)29(49)32(56-36)34(52)53)57-35-31(51)28(48)27(47)22(17-43)54-35/h7,21-33,35-36,43-51H,8-19H2,1-6H3,(H,52,53). The summed E-state index contributed by atoms with van der Waals surface area (Å²) in [5.41, 5.74) is -0.561. The van der Waals surface area contributed by atoms with Crippen molar-refractivity contribution in [1.29, 1.82) is 0 Å². The van der Waals surface area contributed by atoms with Crippen LogP contribution < -0.4 is 0 Å². The van der Waals surface area contributed by atoms with Gasteiger partial charge in [0.15, 0.2) is 18.7 Å². The molecular weight excluding hydrogens is 744 g/mol. The SMILES string of the molecule is CC1(CO)CC(O)C2(C)CCC3(C)C(=CCC4C5(C)CCC(OC6OC(C(=O)O)C(O)C(O)C6OC6OC(CO)C(O)C(O)C6O)C(C)(CO)C5CCC43C)C2C1. The third-order valence-corrected chi connectivity index (χ3v) is 17.7. The van der Waals surface area contributed by atoms with Crippen LogP contribution in [0, 0.1) is 50.2 Å². The molecule has 7 rings (SSSR count). The van der Waals surface area contributed by atoms with Gasteiger partial charge in [-0.05, 0) is 97.2 Å². The van der Waals surface area contributed by atoms with E-state index in [0.717, 1.165) is 38.5 Å². The molecule has 15 nitrogen and oxygen atoms in total. The zero-order valence-electron chi connectivity index (χ0n) is 34.2. The summed E-state index contributed by atoms with van der Waals surface area (Å²) in [4.78, 5) is 12.2. The molecule has 0 bridgehead atoms. The van der Waals surface area contributed by atoms with Crippen LogP contribution in [-0.2, 0) is 23.7 Å². The number of allylic oxidation sites excluding steroid dienone is 2. The lowest BCUT2D eigenvalue weighted by Gasteiger charge is -2.72. The number of rotatable bonds is 8. The van der Waals surface area contributed by atoms with E-state index in [4.69, 9.17) is 18.9 Å². The van der Waals surface area contributed by atoms with Gasteiger partial charge < -0.3 is 70.0 Å². The Morgan fingerprint density at radius 2 is 1.44 bits per heavy atom. The van der Waals surface area contributed by atoms with Gasteiger partial charge in [-0.3, -0.25) is 0 Å². The van der Waals surface area contributed by atoms with Crippen LogP contribution >= 0.6 is 0 Å². The highest BCUT2D eigenvalue weighted by Gasteiger charge is 2.70. The van der Waals surface area contributed by atoms with Crippen LogP contribution in [0.15, 0.2) is 11.6 Å². The Balaban J connectivity index is 1.17. The molecule has 4 saturated carbocycles. The van der Waals surface area contributed by atoms with Gasteiger partial charge in [-0.2, -0.15) is 0 Å². The second kappa shape index (κ2) is 14.9. The van der Waals surface area contributed by atoms with E-state index in [0.29, 0.717) is 19.3 Å². The van der Waals surface area contributed by atoms with Crippen molar-refractivity contribution in [3.8, 4) is 0 Å². The van der Waals surface area contributed by atoms with Crippen LogP contribution in [0.4, 0.5) is 0 Å². The monoisotopic (exact) mass is 812 g/mol. The number of ether oxygens (including phenoxy) is 4. The van der Waals surface area contributed by atoms with E-state index in [1.165, 1.54) is 5.57 Å². The number of carboxylic acid groups (broad SMARTS) is 1. The molecule has 2 saturated heterocycles. The van der Waals surface area contributed by atoms with E-state index in [-0.39, 0.29) is 58.0 Å². The first kappa shape index (κ1) is 43.8. The maximum Gasteiger partial charge on any atom is 0.335 e. The van der Waals surface area contributed by atoms with Gasteiger partial charge in [0, 0.05) is 17.4 Å². The molecule has 0 radical (unpaired) electrons. The molecule has 0 aromatic heterocycles. The average Bonchev–Trinajstić information content (AvgIpc) is 3.16. The van der Waals surface area contributed by atoms with Gasteiger partial charge >= 0.3 is 5.97 Å². The fourth-order valence-corrected chi connectivity index (χ4v) is 13.7. The number of carbonyl (C=O) groups is 1. The third kappa shape index (κ3) is 6.43. The second-order valence-corrected chi connectivity index (χ2v) is 20.6. The van der Waals surface area contributed by atoms with Crippen LogP contribution in [-0.4, -0.2) is 150 Å². The summed E-state index contributed by atoms with van der Waals surface area (Å²) in [7, 11) is 0. The van der Waals surface area contributed by atoms with Gasteiger partial charge in [0.2, 0.25) is 0 Å². The lowest BCUT2D eigenvalue weighted by atomic mass is 9.33. The minimum absolute atomic E-state index is 0.0340. The Morgan fingerprint density at radius 3 is 2.07 bits per heavy atom. The van der Waals surface area contributed by atoms with E-state index in [2.05, 4.69) is 40.7 Å². The van der Waals surface area contributed by atoms with Crippen molar-refractivity contribution in [3.63, 3.8) is 0 Å². The van der Waals surface area contributed by atoms with E-state index < -0.39 is 91.6 Å². The van der Waals surface area contributed by atoms with Crippen molar-refractivity contribution >= 4 is 5.97 Å². The highest BCUT2D eigenvalue weighted by Crippen LogP contribution is 2.76. The lowest BCUT2D eigenvalue weighted by Crippen LogP contribution is -2.68. The number of aliphatic hydroxyl groups excluding tert-OH is 9. The summed E-state index contributed by atoms with van der Waals surface area (Å²) in [5, 5.41) is 106. The van der Waals surface area contributed by atoms with Crippen molar-refractivity contribution < 1.29 is 74.8 Å².